The number of oxime groups is 1. The number of aliphatic hydroxyl groups is 4. The van der Waals surface area contributed by atoms with Gasteiger partial charge in [0, 0.05) is 0 Å². The number of aliphatic hydroxyl groups excluding tert-OH is 4. The summed E-state index contributed by atoms with van der Waals surface area (Å²) in [7, 11) is -4.78. The van der Waals surface area contributed by atoms with E-state index < -0.39 is 46.9 Å². The third-order valence-electron chi connectivity index (χ3n) is 3.27. The molecule has 1 heterocycles. The molecule has 0 spiro atoms. The van der Waals surface area contributed by atoms with Gasteiger partial charge in [-0.2, -0.15) is 8.42 Å². The lowest BCUT2D eigenvalue weighted by Crippen LogP contribution is -2.57. The highest BCUT2D eigenvalue weighted by atomic mass is 32.3. The average molecular weight is 389 g/mol. The smallest absolute Gasteiger partial charge is 0.394 e. The molecule has 0 bridgehead atoms. The molecular weight excluding hydrogens is 366 g/mol. The Morgan fingerprint density at radius 2 is 1.88 bits per heavy atom. The van der Waals surface area contributed by atoms with Crippen LogP contribution in [0, 0.1) is 5.92 Å². The fourth-order valence-corrected chi connectivity index (χ4v) is 3.24. The molecule has 0 radical (unpaired) electrons. The molecule has 24 heavy (non-hydrogen) atoms. The quantitative estimate of drug-likeness (QED) is 0.159. The molecule has 0 aliphatic carbocycles. The fraction of sp³-hybridized carbons (Fsp3) is 0.917. The fourth-order valence-electron chi connectivity index (χ4n) is 1.93. The molecule has 12 heteroatoms. The van der Waals surface area contributed by atoms with Crippen molar-refractivity contribution < 1.29 is 42.4 Å². The summed E-state index contributed by atoms with van der Waals surface area (Å²) in [5.41, 5.74) is -1.11. The van der Waals surface area contributed by atoms with Crippen LogP contribution < -0.4 is 0 Å². The Hall–Kier alpha value is -0.470. The zero-order valence-electron chi connectivity index (χ0n) is 13.2. The number of nitrogens with zero attached hydrogens (tertiary/aromatic N) is 1. The highest BCUT2D eigenvalue weighted by molar-refractivity contribution is 8.14. The van der Waals surface area contributed by atoms with Gasteiger partial charge in [-0.15, -0.1) is 0 Å². The minimum absolute atomic E-state index is 0.102. The summed E-state index contributed by atoms with van der Waals surface area (Å²) in [6.07, 6.45) is -4.75. The predicted molar refractivity (Wildman–Crippen MR) is 85.5 cm³/mol. The Bertz CT molecular complexity index is 523. The zero-order chi connectivity index (χ0) is 18.5. The van der Waals surface area contributed by atoms with Crippen LogP contribution in [0.25, 0.3) is 0 Å². The molecule has 10 nitrogen and oxygen atoms in total. The summed E-state index contributed by atoms with van der Waals surface area (Å²) in [6.45, 7) is 3.28. The van der Waals surface area contributed by atoms with Crippen LogP contribution in [0.15, 0.2) is 5.16 Å². The lowest BCUT2D eigenvalue weighted by Gasteiger charge is -2.39. The van der Waals surface area contributed by atoms with Crippen LogP contribution in [0.3, 0.4) is 0 Å². The zero-order valence-corrected chi connectivity index (χ0v) is 14.9. The van der Waals surface area contributed by atoms with Crippen LogP contribution >= 0.6 is 11.8 Å². The van der Waals surface area contributed by atoms with Crippen molar-refractivity contribution in [1.29, 1.82) is 0 Å². The third-order valence-corrected chi connectivity index (χ3v) is 4.71. The van der Waals surface area contributed by atoms with Gasteiger partial charge < -0.3 is 25.2 Å². The summed E-state index contributed by atoms with van der Waals surface area (Å²) in [5.74, 6) is 0.260. The minimum atomic E-state index is -4.78. The monoisotopic (exact) mass is 389 g/mol. The number of rotatable bonds is 7. The molecule has 1 saturated heterocycles. The van der Waals surface area contributed by atoms with Crippen molar-refractivity contribution in [3.8, 4) is 0 Å². The summed E-state index contributed by atoms with van der Waals surface area (Å²) >= 11 is 0.776. The van der Waals surface area contributed by atoms with Crippen molar-refractivity contribution in [2.24, 2.45) is 11.1 Å². The first-order valence-corrected chi connectivity index (χ1v) is 9.49. The molecule has 1 rings (SSSR count). The molecule has 5 N–H and O–H groups in total. The van der Waals surface area contributed by atoms with Crippen molar-refractivity contribution in [2.45, 2.75) is 56.5 Å². The summed E-state index contributed by atoms with van der Waals surface area (Å²) < 4.78 is 39.2. The van der Waals surface area contributed by atoms with Crippen molar-refractivity contribution in [3.05, 3.63) is 0 Å². The normalized spacial score (nSPS) is 32.2. The molecule has 5 unspecified atom stereocenters. The van der Waals surface area contributed by atoms with E-state index in [1.54, 1.807) is 0 Å². The van der Waals surface area contributed by atoms with Gasteiger partial charge in [0.15, 0.2) is 0 Å². The van der Waals surface area contributed by atoms with Gasteiger partial charge in [0.25, 0.3) is 0 Å². The van der Waals surface area contributed by atoms with Gasteiger partial charge in [-0.05, 0) is 18.8 Å². The molecule has 142 valence electrons. The maximum absolute atomic E-state index is 10.7. The first kappa shape index (κ1) is 21.6. The topological polar surface area (TPSA) is 166 Å². The van der Waals surface area contributed by atoms with Crippen LogP contribution in [0.1, 0.15) is 26.7 Å². The largest absolute Gasteiger partial charge is 0.466 e. The number of ether oxygens (including phenoxy) is 1. The van der Waals surface area contributed by atoms with E-state index in [4.69, 9.17) is 14.4 Å². The van der Waals surface area contributed by atoms with E-state index in [0.717, 1.165) is 11.8 Å². The van der Waals surface area contributed by atoms with Crippen molar-refractivity contribution in [1.82, 2.24) is 0 Å². The molecule has 0 aromatic rings. The highest BCUT2D eigenvalue weighted by Crippen LogP contribution is 2.30. The molecule has 0 saturated carbocycles. The van der Waals surface area contributed by atoms with Gasteiger partial charge in [-0.3, -0.25) is 4.55 Å². The highest BCUT2D eigenvalue weighted by Gasteiger charge is 2.44. The second-order valence-corrected chi connectivity index (χ2v) is 7.91. The molecule has 1 fully saturated rings. The lowest BCUT2D eigenvalue weighted by atomic mass is 10.0. The van der Waals surface area contributed by atoms with Crippen molar-refractivity contribution in [3.63, 3.8) is 0 Å². The van der Waals surface area contributed by atoms with E-state index in [2.05, 4.69) is 9.44 Å². The van der Waals surface area contributed by atoms with Crippen LogP contribution in [0.2, 0.25) is 0 Å². The van der Waals surface area contributed by atoms with E-state index in [-0.39, 0.29) is 17.4 Å². The lowest BCUT2D eigenvalue weighted by molar-refractivity contribution is -0.205. The molecule has 0 aromatic heterocycles. The molecular formula is C12H23NO9S2. The SMILES string of the molecule is CC(C)CC/C(=N\OS(=O)(=O)O)SC1OC(CO)C(O)C(O)C1O. The van der Waals surface area contributed by atoms with Gasteiger partial charge in [0.2, 0.25) is 0 Å². The summed E-state index contributed by atoms with van der Waals surface area (Å²) in [6, 6.07) is 0. The summed E-state index contributed by atoms with van der Waals surface area (Å²) in [5, 5.41) is 42.0. The standard InChI is InChI=1S/C12H23NO9S2/c1-6(2)3-4-8(13-22-24(18,19)20)23-12-11(17)10(16)9(15)7(5-14)21-12/h6-7,9-12,14-17H,3-5H2,1-2H3,(H,18,19,20)/b13-8+. The van der Waals surface area contributed by atoms with Crippen LogP contribution in [-0.2, 0) is 19.4 Å². The number of hydrogen-bond acceptors (Lipinski definition) is 10. The second-order valence-electron chi connectivity index (χ2n) is 5.73. The molecule has 1 aliphatic rings. The van der Waals surface area contributed by atoms with Crippen molar-refractivity contribution >= 4 is 27.2 Å². The maximum atomic E-state index is 10.7. The molecule has 0 amide bonds. The molecule has 0 aromatic carbocycles. The van der Waals surface area contributed by atoms with Gasteiger partial charge in [-0.1, -0.05) is 30.8 Å². The number of thioether (sulfide) groups is 1. The second kappa shape index (κ2) is 9.29. The summed E-state index contributed by atoms with van der Waals surface area (Å²) in [4.78, 5) is 0. The van der Waals surface area contributed by atoms with E-state index in [0.29, 0.717) is 6.42 Å². The van der Waals surface area contributed by atoms with Gasteiger partial charge >= 0.3 is 10.4 Å². The van der Waals surface area contributed by atoms with Crippen LogP contribution in [0.4, 0.5) is 0 Å². The van der Waals surface area contributed by atoms with Crippen LogP contribution in [0.5, 0.6) is 0 Å². The Morgan fingerprint density at radius 1 is 1.25 bits per heavy atom. The molecule has 1 aliphatic heterocycles. The first-order chi connectivity index (χ1) is 11.0. The van der Waals surface area contributed by atoms with Crippen LogP contribution in [-0.4, -0.2) is 74.9 Å². The minimum Gasteiger partial charge on any atom is -0.394 e. The van der Waals surface area contributed by atoms with E-state index in [1.807, 2.05) is 13.8 Å². The van der Waals surface area contributed by atoms with Gasteiger partial charge in [0.1, 0.15) is 34.9 Å². The number of hydrogen-bond donors (Lipinski definition) is 5. The first-order valence-electron chi connectivity index (χ1n) is 7.25. The Labute approximate surface area is 144 Å². The van der Waals surface area contributed by atoms with Gasteiger partial charge in [0.05, 0.1) is 6.61 Å². The average Bonchev–Trinajstić information content (AvgIpc) is 2.49. The van der Waals surface area contributed by atoms with Gasteiger partial charge in [-0.25, -0.2) is 4.28 Å². The van der Waals surface area contributed by atoms with E-state index in [9.17, 15) is 23.7 Å². The van der Waals surface area contributed by atoms with Crippen molar-refractivity contribution in [2.75, 3.05) is 6.61 Å². The predicted octanol–water partition coefficient (Wildman–Crippen LogP) is -0.911. The maximum Gasteiger partial charge on any atom is 0.466 e. The van der Waals surface area contributed by atoms with E-state index in [1.165, 1.54) is 0 Å². The Morgan fingerprint density at radius 3 is 2.38 bits per heavy atom. The molecule has 5 atom stereocenters. The van der Waals surface area contributed by atoms with E-state index >= 15 is 0 Å². The third kappa shape index (κ3) is 6.80. The Balaban J connectivity index is 2.86. The Kier molecular flexibility index (Phi) is 8.35.